The van der Waals surface area contributed by atoms with E-state index in [0.717, 1.165) is 20.7 Å². The number of benzene rings is 3. The first-order chi connectivity index (χ1) is 21.9. The second-order valence-corrected chi connectivity index (χ2v) is 10.6. The summed E-state index contributed by atoms with van der Waals surface area (Å²) < 4.78 is 16.1. The molecule has 6 rings (SSSR count). The van der Waals surface area contributed by atoms with Gasteiger partial charge in [-0.1, -0.05) is 33.1 Å². The maximum Gasteiger partial charge on any atom is 0.237 e. The van der Waals surface area contributed by atoms with Gasteiger partial charge in [0.1, 0.15) is 17.4 Å². The van der Waals surface area contributed by atoms with Gasteiger partial charge in [-0.05, 0) is 30.2 Å². The van der Waals surface area contributed by atoms with Crippen molar-refractivity contribution in [2.45, 2.75) is 30.3 Å². The summed E-state index contributed by atoms with van der Waals surface area (Å²) in [6.45, 7) is 0.636. The summed E-state index contributed by atoms with van der Waals surface area (Å²) in [5.41, 5.74) is 2.20. The standard InChI is InChI=1S/C18H15N4O2S.C14H13N2O4.Y/c1-23-15-10-13(12-22-9-5-8-19-22)11-16-17(15)18(20-24-16)21-25-14-6-3-2-4-7-14;1-15-12(18)7-6-9(8-17)16-13(19)10-4-2-3-5-11(10)14(16)20;/h2-3,5-11H,12H2,1H3,(H,20,21);2,4-5,8-9H,6-7H2,1H3,(H,15,18);/q2*-1;. The zero-order valence-electron chi connectivity index (χ0n) is 24.9. The molecule has 0 saturated heterocycles. The number of nitrogens with one attached hydrogen (secondary N) is 2. The monoisotopic (exact) mass is 713 g/mol. The van der Waals surface area contributed by atoms with Crippen LogP contribution in [-0.4, -0.2) is 64.0 Å². The Labute approximate surface area is 294 Å². The van der Waals surface area contributed by atoms with Crippen molar-refractivity contribution in [2.24, 2.45) is 0 Å². The largest absolute Gasteiger partial charge is 0.496 e. The predicted octanol–water partition coefficient (Wildman–Crippen LogP) is 4.17. The van der Waals surface area contributed by atoms with Crippen molar-refractivity contribution in [1.29, 1.82) is 0 Å². The van der Waals surface area contributed by atoms with Gasteiger partial charge in [0.2, 0.25) is 17.7 Å². The summed E-state index contributed by atoms with van der Waals surface area (Å²) in [6.07, 6.45) is 4.37. The number of ether oxygens (including phenoxy) is 1. The number of hydrogen-bond donors (Lipinski definition) is 2. The van der Waals surface area contributed by atoms with Crippen molar-refractivity contribution in [1.82, 2.24) is 25.2 Å². The van der Waals surface area contributed by atoms with E-state index in [4.69, 9.17) is 9.26 Å². The van der Waals surface area contributed by atoms with Gasteiger partial charge in [-0.3, -0.25) is 24.0 Å². The number of aldehydes is 1. The molecule has 2 aromatic heterocycles. The van der Waals surface area contributed by atoms with Crippen LogP contribution in [0.3, 0.4) is 0 Å². The third-order valence-electron chi connectivity index (χ3n) is 6.86. The van der Waals surface area contributed by atoms with Crippen molar-refractivity contribution in [2.75, 3.05) is 18.9 Å². The number of carbonyl (C=O) groups excluding carboxylic acids is 4. The molecular weight excluding hydrogens is 685 g/mol. The third-order valence-corrected chi connectivity index (χ3v) is 7.65. The fraction of sp³-hybridized carbons (Fsp3) is 0.188. The van der Waals surface area contributed by atoms with Crippen molar-refractivity contribution in [3.63, 3.8) is 0 Å². The molecule has 1 aliphatic rings. The maximum absolute atomic E-state index is 12.2. The van der Waals surface area contributed by atoms with Gasteiger partial charge in [0.15, 0.2) is 11.4 Å². The minimum Gasteiger partial charge on any atom is -0.496 e. The Balaban J connectivity index is 0.000000210. The summed E-state index contributed by atoms with van der Waals surface area (Å²) in [6, 6.07) is 22.8. The fourth-order valence-electron chi connectivity index (χ4n) is 4.65. The fourth-order valence-corrected chi connectivity index (χ4v) is 5.28. The van der Waals surface area contributed by atoms with E-state index in [1.807, 2.05) is 53.3 Å². The van der Waals surface area contributed by atoms with Crippen LogP contribution in [0.5, 0.6) is 5.75 Å². The van der Waals surface area contributed by atoms with Crippen molar-refractivity contribution in [3.05, 3.63) is 102 Å². The number of amides is 3. The number of anilines is 1. The zero-order valence-corrected chi connectivity index (χ0v) is 28.6. The van der Waals surface area contributed by atoms with Crippen LogP contribution in [0.1, 0.15) is 39.1 Å². The number of aromatic nitrogens is 3. The molecule has 1 unspecified atom stereocenters. The molecule has 3 amide bonds. The van der Waals surface area contributed by atoms with E-state index in [2.05, 4.69) is 32.4 Å². The molecule has 0 fully saturated rings. The smallest absolute Gasteiger partial charge is 0.237 e. The second-order valence-electron chi connectivity index (χ2n) is 9.72. The van der Waals surface area contributed by atoms with E-state index in [0.29, 0.717) is 30.0 Å². The predicted molar refractivity (Wildman–Crippen MR) is 166 cm³/mol. The van der Waals surface area contributed by atoms with Crippen molar-refractivity contribution in [3.8, 4) is 5.75 Å². The van der Waals surface area contributed by atoms with Gasteiger partial charge in [0.25, 0.3) is 0 Å². The number of methoxy groups -OCH3 is 1. The Morgan fingerprint density at radius 2 is 1.93 bits per heavy atom. The van der Waals surface area contributed by atoms with Gasteiger partial charge in [-0.25, -0.2) is 0 Å². The second kappa shape index (κ2) is 16.3. The van der Waals surface area contributed by atoms with Gasteiger partial charge in [-0.2, -0.15) is 59.7 Å². The van der Waals surface area contributed by atoms with E-state index in [1.54, 1.807) is 13.3 Å². The molecule has 233 valence electrons. The Morgan fingerprint density at radius 1 is 1.13 bits per heavy atom. The van der Waals surface area contributed by atoms with E-state index >= 15 is 0 Å². The first-order valence-electron chi connectivity index (χ1n) is 13.8. The molecule has 1 atom stereocenters. The minimum atomic E-state index is -0.931. The molecule has 12 nitrogen and oxygen atoms in total. The van der Waals surface area contributed by atoms with Crippen LogP contribution >= 0.6 is 11.9 Å². The normalized spacial score (nSPS) is 12.4. The summed E-state index contributed by atoms with van der Waals surface area (Å²) in [4.78, 5) is 48.6. The first-order valence-corrected chi connectivity index (χ1v) is 14.6. The average Bonchev–Trinajstić information content (AvgIpc) is 3.80. The number of carbonyl (C=O) groups is 4. The Morgan fingerprint density at radius 3 is 2.61 bits per heavy atom. The topological polar surface area (TPSA) is 149 Å². The number of imide groups is 1. The van der Waals surface area contributed by atoms with Crippen LogP contribution in [0.15, 0.2) is 82.5 Å². The summed E-state index contributed by atoms with van der Waals surface area (Å²) in [7, 11) is 3.12. The van der Waals surface area contributed by atoms with Crippen molar-refractivity contribution < 1.29 is 61.1 Å². The number of hydrogen-bond acceptors (Lipinski definition) is 10. The van der Waals surface area contributed by atoms with Crippen LogP contribution in [0, 0.1) is 12.1 Å². The average molecular weight is 714 g/mol. The summed E-state index contributed by atoms with van der Waals surface area (Å²) in [5.74, 6) is 0.0700. The molecule has 3 heterocycles. The van der Waals surface area contributed by atoms with Crippen LogP contribution in [-0.2, 0) is 48.8 Å². The molecule has 14 heteroatoms. The number of rotatable bonds is 11. The minimum absolute atomic E-state index is 0. The van der Waals surface area contributed by atoms with Gasteiger partial charge in [0.05, 0.1) is 19.7 Å². The Hall–Kier alpha value is -4.33. The van der Waals surface area contributed by atoms with E-state index < -0.39 is 17.9 Å². The first kappa shape index (κ1) is 34.5. The molecule has 1 radical (unpaired) electrons. The molecule has 0 aliphatic carbocycles. The number of fused-ring (bicyclic) bond motifs is 2. The Bertz CT molecular complexity index is 1780. The van der Waals surface area contributed by atoms with E-state index in [1.165, 1.54) is 37.2 Å². The summed E-state index contributed by atoms with van der Waals surface area (Å²) in [5, 5.41) is 11.6. The molecule has 5 aromatic rings. The van der Waals surface area contributed by atoms with Crippen molar-refractivity contribution >= 4 is 52.7 Å². The van der Waals surface area contributed by atoms with Crippen LogP contribution < -0.4 is 14.8 Å². The molecule has 1 aliphatic heterocycles. The zero-order chi connectivity index (χ0) is 31.8. The molecule has 2 N–H and O–H groups in total. The maximum atomic E-state index is 12.2. The molecule has 0 spiro atoms. The Kier molecular flexibility index (Phi) is 12.2. The third kappa shape index (κ3) is 7.90. The molecular formula is C32H28N6O6SY-2. The van der Waals surface area contributed by atoms with Gasteiger partial charge >= 0.3 is 0 Å². The quantitative estimate of drug-likeness (QED) is 0.0885. The molecule has 3 aromatic carbocycles. The van der Waals surface area contributed by atoms with Crippen LogP contribution in [0.4, 0.5) is 5.82 Å². The summed E-state index contributed by atoms with van der Waals surface area (Å²) >= 11 is 1.45. The SMILES string of the molecule is CNC(=O)CCC(C=O)N1C(=O)c2c[c-]ccc2C1=O.COc1cc(Cn2cccn2)cc2onc(NSc3c[c-]ccc3)c12.[Y]. The van der Waals surface area contributed by atoms with E-state index in [-0.39, 0.29) is 62.6 Å². The van der Waals surface area contributed by atoms with Gasteiger partial charge < -0.3 is 24.1 Å². The molecule has 0 bridgehead atoms. The number of nitrogens with zero attached hydrogens (tertiary/aromatic N) is 4. The van der Waals surface area contributed by atoms with E-state index in [9.17, 15) is 19.2 Å². The van der Waals surface area contributed by atoms with Gasteiger partial charge in [-0.15, -0.1) is 0 Å². The molecule has 0 saturated carbocycles. The van der Waals surface area contributed by atoms with Crippen LogP contribution in [0.25, 0.3) is 11.0 Å². The molecule has 46 heavy (non-hydrogen) atoms. The van der Waals surface area contributed by atoms with Gasteiger partial charge in [0, 0.05) is 58.6 Å². The van der Waals surface area contributed by atoms with Crippen LogP contribution in [0.2, 0.25) is 0 Å².